The summed E-state index contributed by atoms with van der Waals surface area (Å²) in [6.45, 7) is 1.08. The van der Waals surface area contributed by atoms with Crippen LogP contribution in [0, 0.1) is 3.57 Å². The monoisotopic (exact) mass is 2270 g/mol. The molecule has 0 fully saturated rings. The molecule has 2 aliphatic heterocycles. The van der Waals surface area contributed by atoms with E-state index in [1.165, 1.54) is 66.1 Å². The van der Waals surface area contributed by atoms with Crippen molar-refractivity contribution in [1.29, 1.82) is 0 Å². The first-order valence-electron chi connectivity index (χ1n) is 43.3. The van der Waals surface area contributed by atoms with E-state index in [0.717, 1.165) is 118 Å². The smallest absolute Gasteiger partial charge is 0.394 e. The zero-order chi connectivity index (χ0) is 99.7. The van der Waals surface area contributed by atoms with Gasteiger partial charge in [0.25, 0.3) is 5.97 Å². The Kier molecular flexibility index (Phi) is 39.7. The highest BCUT2D eigenvalue weighted by Crippen LogP contribution is 2.63. The molecule has 0 atom stereocenters. The average molecular weight is 2280 g/mol. The van der Waals surface area contributed by atoms with Crippen molar-refractivity contribution >= 4 is 225 Å². The first-order chi connectivity index (χ1) is 68.1. The molecule has 20 aromatic rings. The van der Waals surface area contributed by atoms with E-state index in [-0.39, 0.29) is 34.2 Å². The third-order valence-electron chi connectivity index (χ3n) is 22.0. The summed E-state index contributed by atoms with van der Waals surface area (Å²) in [6.07, 6.45) is 0. The van der Waals surface area contributed by atoms with Gasteiger partial charge in [0.1, 0.15) is 5.60 Å². The molecule has 0 saturated heterocycles. The molecule has 3 aliphatic rings. The van der Waals surface area contributed by atoms with Crippen LogP contribution in [0.2, 0.25) is 15.1 Å². The van der Waals surface area contributed by atoms with Crippen LogP contribution in [0.5, 0.6) is 0 Å². The molecule has 14 nitrogen and oxygen atoms in total. The van der Waals surface area contributed by atoms with Gasteiger partial charge >= 0.3 is 22.3 Å². The predicted molar refractivity (Wildman–Crippen MR) is 607 cm³/mol. The molecule has 1 aliphatic carbocycles. The fourth-order valence-electron chi connectivity index (χ4n) is 16.0. The van der Waals surface area contributed by atoms with Gasteiger partial charge in [-0.05, 0) is 242 Å². The lowest BCUT2D eigenvalue weighted by molar-refractivity contribution is -0.134. The standard InChI is InChI=1S/C25H17ClOS.C25H15ClS.C13H10O2S.2C13H8OS.C12H8BrCl.C7H5IO2.C6H6S.C2H4O2.ClH.H2O4S.H2O/c26-18-15-13-17(14-16-18)19-7-1-2-8-20(19)25(27)21-9-3-5-11-23(21)28-24-12-6-4-10-22(24)25;26-16-13-14-18-17-7-1-2-8-19(17)25(22(18)15-16)20-9-3-5-11-23(20)27-24-12-6-4-10-21(24)25;14-13(15)11-8-4-5-9-12(11)16-10-6-2-1-3-7-10;2*14-13-9-5-1-3-7-11(9)15-12-8-4-2-6-10(12)13;13-12-4-2-1-3-11(12)9-5-7-10(14)8-6-9;8-6-4-2-1-3-5(6)7(9)10;7-6-4-2-1-3-5-6;1-2(3)4;;1-5(2,3)4;/h1-16,27H;1-15H;1-9H,(H,14,15);2*1-8H;1-8H;1-4H,(H,9,10);1-5,7H;1H3,(H,3,4);1H;(H2,1,2,3,4);1H2. The third kappa shape index (κ3) is 27.4. The molecule has 27 heteroatoms. The molecule has 0 unspecified atom stereocenters. The van der Waals surface area contributed by atoms with Gasteiger partial charge in [-0.3, -0.25) is 23.5 Å². The number of aliphatic carboxylic acids is 1. The number of carboxylic acids is 3. The van der Waals surface area contributed by atoms with Crippen molar-refractivity contribution in [2.45, 2.75) is 52.2 Å². The van der Waals surface area contributed by atoms with E-state index in [4.69, 9.17) is 72.4 Å². The Labute approximate surface area is 895 Å². The van der Waals surface area contributed by atoms with Crippen LogP contribution in [-0.4, -0.2) is 61.3 Å². The van der Waals surface area contributed by atoms with Crippen molar-refractivity contribution < 1.29 is 57.8 Å². The van der Waals surface area contributed by atoms with E-state index >= 15 is 0 Å². The Morgan fingerprint density at radius 1 is 0.364 bits per heavy atom. The van der Waals surface area contributed by atoms with Gasteiger partial charge in [-0.1, -0.05) is 365 Å². The number of rotatable bonds is 7. The number of carboxylic acid groups (broad SMARTS) is 3. The average Bonchev–Trinajstić information content (AvgIpc) is 1.53. The van der Waals surface area contributed by atoms with Crippen LogP contribution in [0.1, 0.15) is 66.6 Å². The van der Waals surface area contributed by atoms with Crippen molar-refractivity contribution in [2.75, 3.05) is 0 Å². The zero-order valence-electron chi connectivity index (χ0n) is 75.4. The number of aliphatic hydroxyl groups is 1. The molecule has 0 bridgehead atoms. The number of benzene rings is 18. The summed E-state index contributed by atoms with van der Waals surface area (Å²) in [6, 6.07) is 145. The van der Waals surface area contributed by atoms with Crippen molar-refractivity contribution in [1.82, 2.24) is 0 Å². The second-order valence-corrected chi connectivity index (χ2v) is 41.3. The highest BCUT2D eigenvalue weighted by atomic mass is 127. The second kappa shape index (κ2) is 51.8. The Morgan fingerprint density at radius 3 is 1.09 bits per heavy atom. The fraction of sp³-hybridized carbons (Fsp3) is 0.0259. The van der Waals surface area contributed by atoms with Gasteiger partial charge in [0.05, 0.1) is 16.5 Å². The van der Waals surface area contributed by atoms with Gasteiger partial charge in [-0.25, -0.2) is 9.59 Å². The Balaban J connectivity index is 0.000000148. The number of thiol groups is 1. The summed E-state index contributed by atoms with van der Waals surface area (Å²) < 4.78 is 37.7. The summed E-state index contributed by atoms with van der Waals surface area (Å²) in [4.78, 5) is 62.2. The lowest BCUT2D eigenvalue weighted by Gasteiger charge is -2.39. The van der Waals surface area contributed by atoms with E-state index in [1.807, 2.05) is 338 Å². The van der Waals surface area contributed by atoms with E-state index in [1.54, 1.807) is 64.8 Å². The molecule has 718 valence electrons. The minimum Gasteiger partial charge on any atom is -0.481 e. The largest absolute Gasteiger partial charge is 0.481 e. The quantitative estimate of drug-likeness (QED) is 0.0338. The van der Waals surface area contributed by atoms with Crippen LogP contribution in [0.25, 0.3) is 73.7 Å². The van der Waals surface area contributed by atoms with Crippen LogP contribution in [0.15, 0.2) is 491 Å². The lowest BCUT2D eigenvalue weighted by atomic mass is 9.67. The molecule has 2 aromatic heterocycles. The van der Waals surface area contributed by atoms with Crippen LogP contribution in [-0.2, 0) is 26.2 Å². The number of aromatic carboxylic acids is 2. The number of hydrogen-bond donors (Lipinski definition) is 7. The maximum absolute atomic E-state index is 12.3. The molecule has 4 heterocycles. The molecule has 0 radical (unpaired) electrons. The SMILES string of the molecule is CC(=O)O.Cl.Clc1ccc(-c2ccccc2Br)cc1.Clc1ccc2c(c1)C1(c3ccccc3Sc3ccccc31)c1ccccc1-2.O.O=C(O)c1ccccc1I.O=C(O)c1ccccc1Sc1ccccc1.O=S(=O)(O)O.O=c1c2ccccc2sc2ccccc12.O=c1c2ccccc2sc2ccccc12.OC1(c2ccccc2-c2ccc(Cl)cc2)c2ccccc2Sc2ccccc21.Sc1ccccc1. The summed E-state index contributed by atoms with van der Waals surface area (Å²) >= 11 is 36.4. The van der Waals surface area contributed by atoms with Gasteiger partial charge in [-0.15, -0.1) is 47.7 Å². The molecule has 23 rings (SSSR count). The predicted octanol–water partition coefficient (Wildman–Crippen LogP) is 32.1. The van der Waals surface area contributed by atoms with Gasteiger partial charge in [0.15, 0.2) is 10.9 Å². The van der Waals surface area contributed by atoms with E-state index < -0.39 is 33.9 Å². The van der Waals surface area contributed by atoms with Crippen molar-refractivity contribution in [3.63, 3.8) is 0 Å². The van der Waals surface area contributed by atoms with E-state index in [0.29, 0.717) is 16.1 Å². The molecule has 0 amide bonds. The lowest BCUT2D eigenvalue weighted by Crippen LogP contribution is -2.32. The van der Waals surface area contributed by atoms with Gasteiger partial charge < -0.3 is 25.9 Å². The van der Waals surface area contributed by atoms with Crippen LogP contribution < -0.4 is 10.9 Å². The Hall–Kier alpha value is -12.3. The molecular formula is C116H86BrCl4IO14S7. The maximum atomic E-state index is 12.3. The van der Waals surface area contributed by atoms with E-state index in [9.17, 15) is 24.3 Å². The first-order valence-corrected chi connectivity index (χ1v) is 52.2. The number of hydrogen-bond acceptors (Lipinski definition) is 14. The molecule has 8 N–H and O–H groups in total. The number of halogens is 6. The normalized spacial score (nSPS) is 11.7. The van der Waals surface area contributed by atoms with Crippen molar-refractivity contribution in [3.05, 3.63) is 536 Å². The highest BCUT2D eigenvalue weighted by molar-refractivity contribution is 14.1. The third-order valence-corrected chi connectivity index (χ3v) is 30.4. The van der Waals surface area contributed by atoms with Gasteiger partial charge in [0.2, 0.25) is 0 Å². The number of carbonyl (C=O) groups is 3. The van der Waals surface area contributed by atoms with Crippen molar-refractivity contribution in [2.24, 2.45) is 0 Å². The fourth-order valence-corrected chi connectivity index (χ4v) is 23.2. The van der Waals surface area contributed by atoms with Gasteiger partial charge in [0, 0.05) is 121 Å². The summed E-state index contributed by atoms with van der Waals surface area (Å²) in [5.74, 6) is -2.59. The minimum absolute atomic E-state index is 0. The van der Waals surface area contributed by atoms with Gasteiger partial charge in [-0.2, -0.15) is 8.42 Å². The molecule has 0 saturated carbocycles. The topological polar surface area (TPSA) is 272 Å². The summed E-state index contributed by atoms with van der Waals surface area (Å²) in [5.41, 5.74) is 14.5. The van der Waals surface area contributed by atoms with E-state index in [2.05, 4.69) is 138 Å². The van der Waals surface area contributed by atoms with Crippen LogP contribution in [0.4, 0.5) is 0 Å². The highest BCUT2D eigenvalue weighted by Gasteiger charge is 2.50. The Bertz CT molecular complexity index is 7800. The molecule has 18 aromatic carbocycles. The minimum atomic E-state index is -4.67. The maximum Gasteiger partial charge on any atom is 0.394 e. The molecular weight excluding hydrogens is 2190 g/mol. The Morgan fingerprint density at radius 2 is 0.678 bits per heavy atom. The van der Waals surface area contributed by atoms with Crippen LogP contribution in [0.3, 0.4) is 0 Å². The first kappa shape index (κ1) is 110. The second-order valence-electron chi connectivity index (χ2n) is 31.1. The van der Waals surface area contributed by atoms with Crippen LogP contribution >= 0.6 is 156 Å². The summed E-state index contributed by atoms with van der Waals surface area (Å²) in [7, 11) is -4.67. The number of fused-ring (bicyclic) bond motifs is 15. The molecule has 143 heavy (non-hydrogen) atoms. The summed E-state index contributed by atoms with van der Waals surface area (Å²) in [5, 5.41) is 42.8. The van der Waals surface area contributed by atoms with Crippen molar-refractivity contribution in [3.8, 4) is 33.4 Å². The molecule has 1 spiro atoms. The zero-order valence-corrected chi connectivity index (χ0v) is 88.0.